The van der Waals surface area contributed by atoms with Gasteiger partial charge in [0.2, 0.25) is 15.9 Å². The number of nitrogens with one attached hydrogen (secondary N) is 2. The van der Waals surface area contributed by atoms with Crippen molar-refractivity contribution in [3.8, 4) is 5.75 Å². The predicted molar refractivity (Wildman–Crippen MR) is 97.5 cm³/mol. The van der Waals surface area contributed by atoms with E-state index in [2.05, 4.69) is 10.0 Å². The van der Waals surface area contributed by atoms with Gasteiger partial charge in [-0.3, -0.25) is 4.79 Å². The zero-order valence-corrected chi connectivity index (χ0v) is 15.5. The fourth-order valence-corrected chi connectivity index (χ4v) is 3.66. The van der Waals surface area contributed by atoms with E-state index in [-0.39, 0.29) is 11.4 Å². The minimum Gasteiger partial charge on any atom is -0.495 e. The Morgan fingerprint density at radius 3 is 2.32 bits per heavy atom. The van der Waals surface area contributed by atoms with Crippen LogP contribution in [0.5, 0.6) is 5.75 Å². The molecule has 6 nitrogen and oxygen atoms in total. The van der Waals surface area contributed by atoms with Gasteiger partial charge in [0.05, 0.1) is 24.2 Å². The van der Waals surface area contributed by atoms with Gasteiger partial charge in [0.15, 0.2) is 0 Å². The van der Waals surface area contributed by atoms with Crippen molar-refractivity contribution >= 4 is 21.6 Å². The lowest BCUT2D eigenvalue weighted by Gasteiger charge is -2.12. The van der Waals surface area contributed by atoms with Gasteiger partial charge >= 0.3 is 0 Å². The van der Waals surface area contributed by atoms with Crippen LogP contribution < -0.4 is 14.8 Å². The Balaban J connectivity index is 2.08. The van der Waals surface area contributed by atoms with Gasteiger partial charge in [-0.15, -0.1) is 0 Å². The average molecular weight is 362 g/mol. The van der Waals surface area contributed by atoms with Gasteiger partial charge in [-0.05, 0) is 50.1 Å². The Labute approximate surface area is 148 Å². The van der Waals surface area contributed by atoms with Crippen LogP contribution in [0.25, 0.3) is 0 Å². The van der Waals surface area contributed by atoms with Crippen LogP contribution in [0.15, 0.2) is 41.3 Å². The zero-order chi connectivity index (χ0) is 18.6. The number of rotatable bonds is 6. The molecule has 134 valence electrons. The summed E-state index contributed by atoms with van der Waals surface area (Å²) >= 11 is 0. The van der Waals surface area contributed by atoms with Crippen molar-refractivity contribution in [2.75, 3.05) is 19.0 Å². The van der Waals surface area contributed by atoms with Gasteiger partial charge in [-0.25, -0.2) is 13.1 Å². The van der Waals surface area contributed by atoms with Crippen molar-refractivity contribution in [2.45, 2.75) is 25.7 Å². The molecule has 0 bridgehead atoms. The summed E-state index contributed by atoms with van der Waals surface area (Å²) in [5.74, 6) is 0.0356. The summed E-state index contributed by atoms with van der Waals surface area (Å²) < 4.78 is 32.3. The highest BCUT2D eigenvalue weighted by Crippen LogP contribution is 2.25. The second kappa shape index (κ2) is 7.67. The predicted octanol–water partition coefficient (Wildman–Crippen LogP) is 2.54. The molecule has 2 N–H and O–H groups in total. The number of anilines is 1. The summed E-state index contributed by atoms with van der Waals surface area (Å²) in [5.41, 5.74) is 3.05. The molecule has 0 spiro atoms. The van der Waals surface area contributed by atoms with Crippen LogP contribution in [0.3, 0.4) is 0 Å². The van der Waals surface area contributed by atoms with Crippen LogP contribution in [-0.2, 0) is 14.8 Å². The quantitative estimate of drug-likeness (QED) is 0.827. The molecular weight excluding hydrogens is 340 g/mol. The standard InChI is InChI=1S/C18H22N2O4S/c1-12-6-8-17(14(3)9-12)25(22,23)19-11-18(21)20-15-10-13(2)5-7-16(15)24-4/h5-10,19H,11H2,1-4H3,(H,20,21). The minimum absolute atomic E-state index is 0.166. The van der Waals surface area contributed by atoms with E-state index in [1.807, 2.05) is 19.9 Å². The first-order chi connectivity index (χ1) is 11.7. The minimum atomic E-state index is -3.76. The van der Waals surface area contributed by atoms with Crippen LogP contribution in [0, 0.1) is 20.8 Å². The number of ether oxygens (including phenoxy) is 1. The fourth-order valence-electron chi connectivity index (χ4n) is 2.45. The van der Waals surface area contributed by atoms with Crippen molar-refractivity contribution in [1.29, 1.82) is 0 Å². The second-order valence-corrected chi connectivity index (χ2v) is 7.58. The van der Waals surface area contributed by atoms with Gasteiger partial charge in [0, 0.05) is 0 Å². The normalized spacial score (nSPS) is 11.2. The number of hydrogen-bond donors (Lipinski definition) is 2. The summed E-state index contributed by atoms with van der Waals surface area (Å²) in [4.78, 5) is 12.3. The molecule has 0 unspecified atom stereocenters. The van der Waals surface area contributed by atoms with Crippen molar-refractivity contribution < 1.29 is 17.9 Å². The van der Waals surface area contributed by atoms with Crippen molar-refractivity contribution in [3.05, 3.63) is 53.1 Å². The van der Waals surface area contributed by atoms with E-state index >= 15 is 0 Å². The van der Waals surface area contributed by atoms with Crippen LogP contribution in [0.2, 0.25) is 0 Å². The average Bonchev–Trinajstić information content (AvgIpc) is 2.53. The first-order valence-corrected chi connectivity index (χ1v) is 9.22. The second-order valence-electron chi connectivity index (χ2n) is 5.85. The molecule has 0 saturated heterocycles. The van der Waals surface area contributed by atoms with E-state index in [0.717, 1.165) is 11.1 Å². The largest absolute Gasteiger partial charge is 0.495 e. The molecule has 2 aromatic carbocycles. The van der Waals surface area contributed by atoms with Gasteiger partial charge in [0.1, 0.15) is 5.75 Å². The fraction of sp³-hybridized carbons (Fsp3) is 0.278. The molecule has 0 aliphatic carbocycles. The topological polar surface area (TPSA) is 84.5 Å². The molecule has 0 aliphatic rings. The Hall–Kier alpha value is -2.38. The number of carbonyl (C=O) groups excluding carboxylic acids is 1. The number of sulfonamides is 1. The van der Waals surface area contributed by atoms with Crippen molar-refractivity contribution in [1.82, 2.24) is 4.72 Å². The highest BCUT2D eigenvalue weighted by molar-refractivity contribution is 7.89. The summed E-state index contributed by atoms with van der Waals surface area (Å²) in [5, 5.41) is 2.66. The number of hydrogen-bond acceptors (Lipinski definition) is 4. The number of carbonyl (C=O) groups is 1. The molecule has 7 heteroatoms. The molecule has 2 rings (SSSR count). The van der Waals surface area contributed by atoms with Crippen molar-refractivity contribution in [2.24, 2.45) is 0 Å². The van der Waals surface area contributed by atoms with E-state index in [4.69, 9.17) is 4.74 Å². The molecule has 0 heterocycles. The third-order valence-corrected chi connectivity index (χ3v) is 5.23. The lowest BCUT2D eigenvalue weighted by atomic mass is 10.2. The van der Waals surface area contributed by atoms with Crippen LogP contribution in [0.1, 0.15) is 16.7 Å². The molecular formula is C18H22N2O4S. The Morgan fingerprint density at radius 1 is 1.04 bits per heavy atom. The highest BCUT2D eigenvalue weighted by Gasteiger charge is 2.18. The number of aryl methyl sites for hydroxylation is 3. The molecule has 0 fully saturated rings. The molecule has 25 heavy (non-hydrogen) atoms. The molecule has 2 aromatic rings. The van der Waals surface area contributed by atoms with Gasteiger partial charge < -0.3 is 10.1 Å². The van der Waals surface area contributed by atoms with E-state index in [0.29, 0.717) is 17.0 Å². The monoisotopic (exact) mass is 362 g/mol. The Kier molecular flexibility index (Phi) is 5.81. The third kappa shape index (κ3) is 4.80. The van der Waals surface area contributed by atoms with Crippen LogP contribution in [-0.4, -0.2) is 28.0 Å². The van der Waals surface area contributed by atoms with Gasteiger partial charge in [-0.1, -0.05) is 23.8 Å². The van der Waals surface area contributed by atoms with E-state index < -0.39 is 15.9 Å². The SMILES string of the molecule is COc1ccc(C)cc1NC(=O)CNS(=O)(=O)c1ccc(C)cc1C. The lowest BCUT2D eigenvalue weighted by molar-refractivity contribution is -0.115. The number of benzene rings is 2. The number of amides is 1. The Bertz CT molecular complexity index is 892. The summed E-state index contributed by atoms with van der Waals surface area (Å²) in [6, 6.07) is 10.4. The maximum absolute atomic E-state index is 12.4. The number of methoxy groups -OCH3 is 1. The maximum atomic E-state index is 12.4. The van der Waals surface area contributed by atoms with E-state index in [1.54, 1.807) is 31.2 Å². The van der Waals surface area contributed by atoms with E-state index in [1.165, 1.54) is 13.2 Å². The summed E-state index contributed by atoms with van der Waals surface area (Å²) in [6.45, 7) is 5.13. The first-order valence-electron chi connectivity index (χ1n) is 7.74. The van der Waals surface area contributed by atoms with Gasteiger partial charge in [0.25, 0.3) is 0 Å². The maximum Gasteiger partial charge on any atom is 0.241 e. The molecule has 0 aromatic heterocycles. The molecule has 0 saturated carbocycles. The van der Waals surface area contributed by atoms with Crippen molar-refractivity contribution in [3.63, 3.8) is 0 Å². The first kappa shape index (κ1) is 19.0. The molecule has 0 radical (unpaired) electrons. The van der Waals surface area contributed by atoms with Crippen LogP contribution >= 0.6 is 0 Å². The smallest absolute Gasteiger partial charge is 0.241 e. The Morgan fingerprint density at radius 2 is 1.68 bits per heavy atom. The van der Waals surface area contributed by atoms with E-state index in [9.17, 15) is 13.2 Å². The zero-order valence-electron chi connectivity index (χ0n) is 14.7. The summed E-state index contributed by atoms with van der Waals surface area (Å²) in [7, 11) is -2.26. The lowest BCUT2D eigenvalue weighted by Crippen LogP contribution is -2.33. The van der Waals surface area contributed by atoms with Gasteiger partial charge in [-0.2, -0.15) is 0 Å². The third-order valence-electron chi connectivity index (χ3n) is 3.67. The molecule has 0 atom stereocenters. The molecule has 1 amide bonds. The van der Waals surface area contributed by atoms with Crippen LogP contribution in [0.4, 0.5) is 5.69 Å². The highest BCUT2D eigenvalue weighted by atomic mass is 32.2. The summed E-state index contributed by atoms with van der Waals surface area (Å²) in [6.07, 6.45) is 0. The molecule has 0 aliphatic heterocycles.